The minimum Gasteiger partial charge on any atom is -0.409 e. The molecule has 0 aromatic carbocycles. The van der Waals surface area contributed by atoms with Crippen LogP contribution in [0.2, 0.25) is 0 Å². The Morgan fingerprint density at radius 2 is 2.20 bits per heavy atom. The SMILES string of the molecule is NC(=NO)c1ncn(Cc2ccn(C3CCCC3)n2)n1. The second-order valence-corrected chi connectivity index (χ2v) is 4.98. The zero-order valence-corrected chi connectivity index (χ0v) is 11.1. The summed E-state index contributed by atoms with van der Waals surface area (Å²) in [5, 5.41) is 20.1. The highest BCUT2D eigenvalue weighted by Crippen LogP contribution is 2.28. The normalized spacial score (nSPS) is 16.9. The van der Waals surface area contributed by atoms with Gasteiger partial charge >= 0.3 is 0 Å². The van der Waals surface area contributed by atoms with Gasteiger partial charge in [0.2, 0.25) is 11.7 Å². The number of aromatic nitrogens is 5. The predicted molar refractivity (Wildman–Crippen MR) is 71.4 cm³/mol. The van der Waals surface area contributed by atoms with Gasteiger partial charge in [-0.15, -0.1) is 5.10 Å². The number of rotatable bonds is 4. The van der Waals surface area contributed by atoms with E-state index in [0.717, 1.165) is 5.69 Å². The quantitative estimate of drug-likeness (QED) is 0.370. The van der Waals surface area contributed by atoms with Crippen LogP contribution in [0.1, 0.15) is 43.2 Å². The molecule has 2 aromatic heterocycles. The lowest BCUT2D eigenvalue weighted by Crippen LogP contribution is -2.15. The van der Waals surface area contributed by atoms with Crippen molar-refractivity contribution in [2.75, 3.05) is 0 Å². The zero-order chi connectivity index (χ0) is 13.9. The molecule has 20 heavy (non-hydrogen) atoms. The smallest absolute Gasteiger partial charge is 0.219 e. The lowest BCUT2D eigenvalue weighted by atomic mass is 10.3. The molecule has 0 saturated heterocycles. The number of nitrogens with zero attached hydrogens (tertiary/aromatic N) is 6. The van der Waals surface area contributed by atoms with Gasteiger partial charge in [0.1, 0.15) is 6.33 Å². The minimum atomic E-state index is -0.0970. The van der Waals surface area contributed by atoms with Crippen LogP contribution in [0.4, 0.5) is 0 Å². The second-order valence-electron chi connectivity index (χ2n) is 4.98. The van der Waals surface area contributed by atoms with Gasteiger partial charge in [-0.05, 0) is 18.9 Å². The van der Waals surface area contributed by atoms with Crippen LogP contribution in [0.25, 0.3) is 0 Å². The largest absolute Gasteiger partial charge is 0.409 e. The molecule has 106 valence electrons. The Morgan fingerprint density at radius 1 is 1.40 bits per heavy atom. The second kappa shape index (κ2) is 5.32. The summed E-state index contributed by atoms with van der Waals surface area (Å²) < 4.78 is 3.67. The molecular weight excluding hydrogens is 258 g/mol. The van der Waals surface area contributed by atoms with Crippen LogP contribution < -0.4 is 5.73 Å². The van der Waals surface area contributed by atoms with Crippen molar-refractivity contribution in [3.8, 4) is 0 Å². The van der Waals surface area contributed by atoms with Crippen molar-refractivity contribution in [2.45, 2.75) is 38.3 Å². The Hall–Kier alpha value is -2.38. The van der Waals surface area contributed by atoms with E-state index in [0.29, 0.717) is 12.6 Å². The zero-order valence-electron chi connectivity index (χ0n) is 11.1. The Kier molecular flexibility index (Phi) is 3.36. The van der Waals surface area contributed by atoms with Crippen molar-refractivity contribution in [3.05, 3.63) is 30.1 Å². The van der Waals surface area contributed by atoms with Crippen molar-refractivity contribution in [1.29, 1.82) is 0 Å². The molecular formula is C12H17N7O. The van der Waals surface area contributed by atoms with Gasteiger partial charge < -0.3 is 10.9 Å². The lowest BCUT2D eigenvalue weighted by Gasteiger charge is -2.08. The minimum absolute atomic E-state index is 0.0970. The monoisotopic (exact) mass is 275 g/mol. The summed E-state index contributed by atoms with van der Waals surface area (Å²) >= 11 is 0. The standard InChI is InChI=1S/C12H17N7O/c13-11(17-20)12-14-8-18(16-12)7-9-5-6-19(15-9)10-3-1-2-4-10/h5-6,8,10,20H,1-4,7H2,(H2,13,17). The number of oxime groups is 1. The number of hydrogen-bond donors (Lipinski definition) is 2. The van der Waals surface area contributed by atoms with Crippen LogP contribution >= 0.6 is 0 Å². The summed E-state index contributed by atoms with van der Waals surface area (Å²) in [4.78, 5) is 3.97. The molecule has 0 atom stereocenters. The summed E-state index contributed by atoms with van der Waals surface area (Å²) in [5.41, 5.74) is 6.35. The first-order valence-electron chi connectivity index (χ1n) is 6.67. The molecule has 3 N–H and O–H groups in total. The highest BCUT2D eigenvalue weighted by molar-refractivity contribution is 5.93. The van der Waals surface area contributed by atoms with Crippen molar-refractivity contribution in [3.63, 3.8) is 0 Å². The molecule has 0 radical (unpaired) electrons. The highest BCUT2D eigenvalue weighted by atomic mass is 16.4. The molecule has 0 amide bonds. The van der Waals surface area contributed by atoms with Gasteiger partial charge in [-0.1, -0.05) is 18.0 Å². The molecule has 0 unspecified atom stereocenters. The molecule has 1 fully saturated rings. The molecule has 0 spiro atoms. The predicted octanol–water partition coefficient (Wildman–Crippen LogP) is 0.732. The maximum Gasteiger partial charge on any atom is 0.219 e. The van der Waals surface area contributed by atoms with E-state index in [1.165, 1.54) is 25.7 Å². The van der Waals surface area contributed by atoms with Crippen LogP contribution in [0.5, 0.6) is 0 Å². The first-order valence-corrected chi connectivity index (χ1v) is 6.67. The molecule has 0 bridgehead atoms. The molecule has 1 saturated carbocycles. The van der Waals surface area contributed by atoms with Gasteiger partial charge in [0.15, 0.2) is 0 Å². The Bertz CT molecular complexity index is 609. The molecule has 8 heteroatoms. The Labute approximate surface area is 115 Å². The molecule has 2 aromatic rings. The topological polar surface area (TPSA) is 107 Å². The molecule has 8 nitrogen and oxygen atoms in total. The Balaban J connectivity index is 1.70. The van der Waals surface area contributed by atoms with Gasteiger partial charge in [0, 0.05) is 6.20 Å². The van der Waals surface area contributed by atoms with E-state index in [1.807, 2.05) is 16.9 Å². The van der Waals surface area contributed by atoms with Crippen molar-refractivity contribution >= 4 is 5.84 Å². The van der Waals surface area contributed by atoms with Gasteiger partial charge in [-0.2, -0.15) is 5.10 Å². The number of hydrogen-bond acceptors (Lipinski definition) is 5. The molecule has 1 aliphatic carbocycles. The first kappa shape index (κ1) is 12.6. The number of nitrogens with two attached hydrogens (primary N) is 1. The summed E-state index contributed by atoms with van der Waals surface area (Å²) in [5.74, 6) is 0.114. The molecule has 1 aliphatic rings. The lowest BCUT2D eigenvalue weighted by molar-refractivity contribution is 0.318. The summed E-state index contributed by atoms with van der Waals surface area (Å²) in [7, 11) is 0. The van der Waals surface area contributed by atoms with Crippen molar-refractivity contribution < 1.29 is 5.21 Å². The third kappa shape index (κ3) is 2.49. The van der Waals surface area contributed by atoms with E-state index < -0.39 is 0 Å². The van der Waals surface area contributed by atoms with Gasteiger partial charge in [0.25, 0.3) is 0 Å². The third-order valence-corrected chi connectivity index (χ3v) is 3.56. The summed E-state index contributed by atoms with van der Waals surface area (Å²) in [6.07, 6.45) is 8.54. The Morgan fingerprint density at radius 3 is 2.95 bits per heavy atom. The van der Waals surface area contributed by atoms with Crippen LogP contribution in [-0.2, 0) is 6.54 Å². The highest BCUT2D eigenvalue weighted by Gasteiger charge is 2.17. The number of amidine groups is 1. The van der Waals surface area contributed by atoms with Gasteiger partial charge in [0.05, 0.1) is 18.3 Å². The summed E-state index contributed by atoms with van der Waals surface area (Å²) in [6.45, 7) is 0.519. The van der Waals surface area contributed by atoms with E-state index in [9.17, 15) is 0 Å². The molecule has 0 aliphatic heterocycles. The average molecular weight is 275 g/mol. The van der Waals surface area contributed by atoms with E-state index in [4.69, 9.17) is 10.9 Å². The van der Waals surface area contributed by atoms with Gasteiger partial charge in [-0.3, -0.25) is 4.68 Å². The fraction of sp³-hybridized carbons (Fsp3) is 0.500. The maximum atomic E-state index is 8.57. The van der Waals surface area contributed by atoms with Crippen LogP contribution in [0, 0.1) is 0 Å². The van der Waals surface area contributed by atoms with E-state index >= 15 is 0 Å². The first-order chi connectivity index (χ1) is 9.76. The average Bonchev–Trinajstić information content (AvgIpc) is 3.19. The molecule has 2 heterocycles. The van der Waals surface area contributed by atoms with Crippen LogP contribution in [-0.4, -0.2) is 35.6 Å². The maximum absolute atomic E-state index is 8.57. The van der Waals surface area contributed by atoms with Crippen LogP contribution in [0.15, 0.2) is 23.7 Å². The van der Waals surface area contributed by atoms with Crippen molar-refractivity contribution in [2.24, 2.45) is 10.9 Å². The van der Waals surface area contributed by atoms with E-state index in [2.05, 4.69) is 20.3 Å². The summed E-state index contributed by atoms with van der Waals surface area (Å²) in [6, 6.07) is 2.52. The van der Waals surface area contributed by atoms with E-state index in [-0.39, 0.29) is 11.7 Å². The molecule has 3 rings (SSSR count). The fourth-order valence-corrected chi connectivity index (χ4v) is 2.53. The van der Waals surface area contributed by atoms with Gasteiger partial charge in [-0.25, -0.2) is 9.67 Å². The fourth-order valence-electron chi connectivity index (χ4n) is 2.53. The van der Waals surface area contributed by atoms with Crippen molar-refractivity contribution in [1.82, 2.24) is 24.5 Å². The van der Waals surface area contributed by atoms with E-state index in [1.54, 1.807) is 11.0 Å². The van der Waals surface area contributed by atoms with Crippen LogP contribution in [0.3, 0.4) is 0 Å². The third-order valence-electron chi connectivity index (χ3n) is 3.56.